The topological polar surface area (TPSA) is 21.4 Å². The molecular weight excluding hydrogens is 356 g/mol. The molecule has 0 fully saturated rings. The van der Waals surface area contributed by atoms with Crippen LogP contribution in [0.25, 0.3) is 38.0 Å². The lowest BCUT2D eigenvalue weighted by Crippen LogP contribution is -2.37. The highest BCUT2D eigenvalue weighted by atomic mass is 16.3. The molecule has 2 heterocycles. The predicted octanol–water partition coefficient (Wildman–Crippen LogP) is 6.99. The average molecular weight is 389 g/mol. The first kappa shape index (κ1) is 14.0. The van der Waals surface area contributed by atoms with Crippen molar-refractivity contribution in [1.82, 2.24) is 0 Å². The Morgan fingerprint density at radius 2 is 1.72 bits per heavy atom. The fraction of sp³-hybridized carbons (Fsp3) is 0.308. The van der Waals surface area contributed by atoms with E-state index in [1.54, 1.807) is 25.5 Å². The number of aryl methyl sites for hydroxylation is 2. The number of hydrogen-bond acceptors (Lipinski definition) is 1. The lowest BCUT2D eigenvalue weighted by molar-refractivity contribution is -0.667. The largest absolute Gasteiger partial charge is 0.466 e. The molecule has 2 aromatic carbocycles. The van der Waals surface area contributed by atoms with Crippen LogP contribution in [0.3, 0.4) is 0 Å². The fourth-order valence-electron chi connectivity index (χ4n) is 4.23. The maximum Gasteiger partial charge on any atom is 0.232 e. The molecule has 2 aromatic heterocycles. The van der Waals surface area contributed by atoms with Gasteiger partial charge in [0.2, 0.25) is 11.4 Å². The molecule has 4 aromatic rings. The van der Waals surface area contributed by atoms with Crippen LogP contribution in [-0.4, -0.2) is 0 Å². The molecule has 0 saturated heterocycles. The van der Waals surface area contributed by atoms with E-state index in [0.29, 0.717) is 39.4 Å². The number of rotatable bonds is 2. The minimum atomic E-state index is -2.55. The third kappa shape index (κ3) is 2.75. The highest BCUT2D eigenvalue weighted by Crippen LogP contribution is 2.41. The van der Waals surface area contributed by atoms with E-state index >= 15 is 0 Å². The number of aromatic nitrogens is 1. The predicted molar refractivity (Wildman–Crippen MR) is 120 cm³/mol. The van der Waals surface area contributed by atoms with Crippen LogP contribution in [0.4, 0.5) is 5.69 Å². The second-order valence-corrected chi connectivity index (χ2v) is 7.70. The van der Waals surface area contributed by atoms with Crippen LogP contribution in [0.5, 0.6) is 0 Å². The second-order valence-electron chi connectivity index (χ2n) is 7.70. The highest BCUT2D eigenvalue weighted by Gasteiger charge is 2.26. The molecule has 0 saturated carbocycles. The minimum absolute atomic E-state index is 0.156. The number of benzene rings is 2. The van der Waals surface area contributed by atoms with Gasteiger partial charge in [-0.25, -0.2) is 4.85 Å². The summed E-state index contributed by atoms with van der Waals surface area (Å²) in [4.78, 5) is 3.68. The Morgan fingerprint density at radius 3 is 2.38 bits per heavy atom. The second kappa shape index (κ2) is 6.74. The van der Waals surface area contributed by atoms with E-state index in [2.05, 4.69) is 4.85 Å². The van der Waals surface area contributed by atoms with Crippen molar-refractivity contribution in [1.29, 1.82) is 0 Å². The van der Waals surface area contributed by atoms with E-state index in [0.717, 1.165) is 27.5 Å². The molecule has 3 heteroatoms. The van der Waals surface area contributed by atoms with Gasteiger partial charge in [-0.2, -0.15) is 4.57 Å². The zero-order valence-electron chi connectivity index (χ0n) is 22.6. The van der Waals surface area contributed by atoms with Crippen molar-refractivity contribution in [2.75, 3.05) is 0 Å². The monoisotopic (exact) mass is 388 g/mol. The third-order valence-electron chi connectivity index (χ3n) is 5.80. The molecule has 0 radical (unpaired) electrons. The van der Waals surface area contributed by atoms with Crippen LogP contribution in [0, 0.1) is 34.3 Å². The van der Waals surface area contributed by atoms with E-state index in [9.17, 15) is 0 Å². The summed E-state index contributed by atoms with van der Waals surface area (Å²) in [5.74, 6) is -1.87. The van der Waals surface area contributed by atoms with Gasteiger partial charge in [0, 0.05) is 34.8 Å². The molecule has 0 aliphatic rings. The van der Waals surface area contributed by atoms with Crippen molar-refractivity contribution >= 4 is 27.6 Å². The molecular formula is C26H27N2O+. The Balaban J connectivity index is 2.15. The lowest BCUT2D eigenvalue weighted by atomic mass is 9.93. The molecule has 29 heavy (non-hydrogen) atoms. The number of hydrogen-bond donors (Lipinski definition) is 0. The maximum absolute atomic E-state index is 9.04. The summed E-state index contributed by atoms with van der Waals surface area (Å²) in [6, 6.07) is 7.96. The molecule has 146 valence electrons. The Morgan fingerprint density at radius 1 is 1.07 bits per heavy atom. The molecule has 0 amide bonds. The van der Waals surface area contributed by atoms with Crippen molar-refractivity contribution in [3.63, 3.8) is 0 Å². The number of fused-ring (bicyclic) bond motifs is 3. The van der Waals surface area contributed by atoms with Gasteiger partial charge in [-0.15, -0.1) is 0 Å². The van der Waals surface area contributed by atoms with E-state index in [-0.39, 0.29) is 6.04 Å². The van der Waals surface area contributed by atoms with Crippen LogP contribution < -0.4 is 4.57 Å². The zero-order valence-corrected chi connectivity index (χ0v) is 17.6. The molecule has 1 unspecified atom stereocenters. The van der Waals surface area contributed by atoms with Gasteiger partial charge >= 0.3 is 0 Å². The first-order chi connectivity index (χ1) is 15.7. The first-order valence-electron chi connectivity index (χ1n) is 12.1. The Labute approximate surface area is 179 Å². The van der Waals surface area contributed by atoms with E-state index in [4.69, 9.17) is 17.8 Å². The van der Waals surface area contributed by atoms with Gasteiger partial charge in [-0.05, 0) is 43.4 Å². The Bertz CT molecular complexity index is 1510. The SMILES string of the molecule is [2H]c1c(C)c(C([2H])(C)C([2H])([2H])[2H])c(C)[n+](C)c1-c1c(C)ccc2c1oc1c([N+]#[C-])c(C)ccc12. The third-order valence-corrected chi connectivity index (χ3v) is 5.80. The van der Waals surface area contributed by atoms with Crippen LogP contribution in [-0.2, 0) is 7.05 Å². The summed E-state index contributed by atoms with van der Waals surface area (Å²) in [7, 11) is 1.79. The number of nitrogens with zero attached hydrogens (tertiary/aromatic N) is 2. The van der Waals surface area contributed by atoms with Gasteiger partial charge in [0.15, 0.2) is 5.69 Å². The summed E-state index contributed by atoms with van der Waals surface area (Å²) in [5.41, 5.74) is 6.04. The van der Waals surface area contributed by atoms with Crippen molar-refractivity contribution in [2.45, 2.75) is 47.4 Å². The fourth-order valence-corrected chi connectivity index (χ4v) is 4.23. The Hall–Kier alpha value is -3.12. The van der Waals surface area contributed by atoms with Crippen molar-refractivity contribution < 1.29 is 15.8 Å². The lowest BCUT2D eigenvalue weighted by Gasteiger charge is -2.15. The molecule has 4 rings (SSSR count). The van der Waals surface area contributed by atoms with Gasteiger partial charge in [0.1, 0.15) is 18.2 Å². The Kier molecular flexibility index (Phi) is 3.24. The zero-order chi connectivity index (χ0) is 25.3. The maximum atomic E-state index is 9.04. The molecule has 3 nitrogen and oxygen atoms in total. The standard InChI is InChI=1S/C26H27N2O/c1-14(2)22-17(5)13-21(28(8)18(22)6)23-15(3)9-11-19-20-12-10-16(4)24(27-7)26(20)29-25(19)23/h9-14H,1-6,8H3/q+1/i1D3,13D,14D. The van der Waals surface area contributed by atoms with E-state index in [1.165, 1.54) is 6.92 Å². The average Bonchev–Trinajstić information content (AvgIpc) is 3.11. The molecule has 0 N–H and O–H groups in total. The van der Waals surface area contributed by atoms with Crippen molar-refractivity contribution in [3.8, 4) is 11.3 Å². The van der Waals surface area contributed by atoms with Crippen LogP contribution in [0.15, 0.2) is 34.7 Å². The van der Waals surface area contributed by atoms with Crippen LogP contribution in [0.1, 0.15) is 54.5 Å². The first-order valence-corrected chi connectivity index (χ1v) is 9.57. The summed E-state index contributed by atoms with van der Waals surface area (Å²) >= 11 is 0. The molecule has 0 aliphatic carbocycles. The smallest absolute Gasteiger partial charge is 0.232 e. The van der Waals surface area contributed by atoms with Crippen molar-refractivity contribution in [3.05, 3.63) is 69.7 Å². The van der Waals surface area contributed by atoms with Crippen molar-refractivity contribution in [2.24, 2.45) is 7.05 Å². The quantitative estimate of drug-likeness (QED) is 0.268. The molecule has 0 aliphatic heterocycles. The number of furan rings is 1. The van der Waals surface area contributed by atoms with Gasteiger partial charge in [0.25, 0.3) is 0 Å². The summed E-state index contributed by atoms with van der Waals surface area (Å²) in [6.07, 6.45) is 0. The number of pyridine rings is 1. The van der Waals surface area contributed by atoms with Gasteiger partial charge in [-0.3, -0.25) is 0 Å². The van der Waals surface area contributed by atoms with Gasteiger partial charge in [0.05, 0.1) is 13.5 Å². The minimum Gasteiger partial charge on any atom is -0.466 e. The van der Waals surface area contributed by atoms with Crippen LogP contribution in [0.2, 0.25) is 0 Å². The van der Waals surface area contributed by atoms with Gasteiger partial charge in [-0.1, -0.05) is 38.0 Å². The molecule has 0 bridgehead atoms. The summed E-state index contributed by atoms with van der Waals surface area (Å²) in [6.45, 7) is 13.8. The molecule has 0 spiro atoms. The van der Waals surface area contributed by atoms with E-state index in [1.807, 2.05) is 38.1 Å². The molecule has 1 atom stereocenters. The van der Waals surface area contributed by atoms with Gasteiger partial charge < -0.3 is 4.42 Å². The normalized spacial score (nSPS) is 16.5. The van der Waals surface area contributed by atoms with Crippen LogP contribution >= 0.6 is 0 Å². The summed E-state index contributed by atoms with van der Waals surface area (Å²) in [5, 5.41) is 1.69. The highest BCUT2D eigenvalue weighted by molar-refractivity contribution is 6.13. The summed E-state index contributed by atoms with van der Waals surface area (Å²) < 4.78 is 49.6. The van der Waals surface area contributed by atoms with E-state index < -0.39 is 12.7 Å².